The molecule has 0 aromatic heterocycles. The standard InChI is InChI=1S/C14H20FNO/c1-10-5-12(15)7-13(6-10)16-14(2,9-17)8-11-3-4-11/h5-7,11,16-17H,3-4,8-9H2,1-2H3. The van der Waals surface area contributed by atoms with E-state index in [0.29, 0.717) is 5.92 Å². The Bertz CT molecular complexity index is 383. The van der Waals surface area contributed by atoms with E-state index in [1.807, 2.05) is 19.9 Å². The van der Waals surface area contributed by atoms with Crippen molar-refractivity contribution in [3.63, 3.8) is 0 Å². The van der Waals surface area contributed by atoms with E-state index in [0.717, 1.165) is 17.7 Å². The van der Waals surface area contributed by atoms with Gasteiger partial charge < -0.3 is 10.4 Å². The van der Waals surface area contributed by atoms with E-state index in [1.54, 1.807) is 0 Å². The third-order valence-electron chi connectivity index (χ3n) is 3.27. The van der Waals surface area contributed by atoms with Gasteiger partial charge in [0.2, 0.25) is 0 Å². The first-order valence-corrected chi connectivity index (χ1v) is 6.17. The van der Waals surface area contributed by atoms with Gasteiger partial charge in [0.25, 0.3) is 0 Å². The zero-order chi connectivity index (χ0) is 12.5. The number of hydrogen-bond acceptors (Lipinski definition) is 2. The van der Waals surface area contributed by atoms with E-state index in [9.17, 15) is 9.50 Å². The molecule has 2 rings (SSSR count). The number of halogens is 1. The molecule has 2 N–H and O–H groups in total. The highest BCUT2D eigenvalue weighted by Crippen LogP contribution is 2.37. The average Bonchev–Trinajstić information content (AvgIpc) is 2.99. The molecule has 0 aliphatic heterocycles. The molecule has 1 atom stereocenters. The Balaban J connectivity index is 2.10. The van der Waals surface area contributed by atoms with Crippen LogP contribution in [0.3, 0.4) is 0 Å². The summed E-state index contributed by atoms with van der Waals surface area (Å²) in [4.78, 5) is 0. The van der Waals surface area contributed by atoms with E-state index >= 15 is 0 Å². The second-order valence-electron chi connectivity index (χ2n) is 5.51. The topological polar surface area (TPSA) is 32.3 Å². The van der Waals surface area contributed by atoms with E-state index < -0.39 is 0 Å². The fourth-order valence-corrected chi connectivity index (χ4v) is 2.27. The maximum Gasteiger partial charge on any atom is 0.125 e. The quantitative estimate of drug-likeness (QED) is 0.824. The highest BCUT2D eigenvalue weighted by molar-refractivity contribution is 5.48. The Morgan fingerprint density at radius 2 is 2.12 bits per heavy atom. The van der Waals surface area contributed by atoms with Crippen molar-refractivity contribution in [2.75, 3.05) is 11.9 Å². The van der Waals surface area contributed by atoms with Crippen LogP contribution in [-0.2, 0) is 0 Å². The summed E-state index contributed by atoms with van der Waals surface area (Å²) in [5.41, 5.74) is 1.29. The minimum atomic E-state index is -0.346. The fourth-order valence-electron chi connectivity index (χ4n) is 2.27. The number of anilines is 1. The maximum absolute atomic E-state index is 13.3. The first-order valence-electron chi connectivity index (χ1n) is 6.17. The molecular formula is C14H20FNO. The molecule has 0 heterocycles. The second kappa shape index (κ2) is 4.65. The zero-order valence-electron chi connectivity index (χ0n) is 10.5. The van der Waals surface area contributed by atoms with Crippen molar-refractivity contribution in [2.24, 2.45) is 5.92 Å². The van der Waals surface area contributed by atoms with Gasteiger partial charge in [-0.1, -0.05) is 12.8 Å². The monoisotopic (exact) mass is 237 g/mol. The van der Waals surface area contributed by atoms with Crippen LogP contribution in [0.25, 0.3) is 0 Å². The van der Waals surface area contributed by atoms with Crippen LogP contribution in [0, 0.1) is 18.7 Å². The van der Waals surface area contributed by atoms with Crippen LogP contribution >= 0.6 is 0 Å². The van der Waals surface area contributed by atoms with Crippen LogP contribution in [0.1, 0.15) is 31.7 Å². The largest absolute Gasteiger partial charge is 0.394 e. The summed E-state index contributed by atoms with van der Waals surface area (Å²) in [7, 11) is 0. The van der Waals surface area contributed by atoms with Gasteiger partial charge in [0, 0.05) is 5.69 Å². The van der Waals surface area contributed by atoms with Crippen LogP contribution < -0.4 is 5.32 Å². The molecule has 2 nitrogen and oxygen atoms in total. The van der Waals surface area contributed by atoms with Crippen LogP contribution in [0.5, 0.6) is 0 Å². The van der Waals surface area contributed by atoms with Gasteiger partial charge in [-0.2, -0.15) is 0 Å². The van der Waals surface area contributed by atoms with Crippen molar-refractivity contribution in [3.05, 3.63) is 29.6 Å². The molecule has 17 heavy (non-hydrogen) atoms. The molecule has 1 aliphatic rings. The van der Waals surface area contributed by atoms with E-state index in [2.05, 4.69) is 5.32 Å². The Kier molecular flexibility index (Phi) is 3.38. The molecule has 0 spiro atoms. The van der Waals surface area contributed by atoms with E-state index in [4.69, 9.17) is 0 Å². The summed E-state index contributed by atoms with van der Waals surface area (Å²) in [6, 6.07) is 4.89. The summed E-state index contributed by atoms with van der Waals surface area (Å²) >= 11 is 0. The Hall–Kier alpha value is -1.09. The summed E-state index contributed by atoms with van der Waals surface area (Å²) < 4.78 is 13.3. The summed E-state index contributed by atoms with van der Waals surface area (Å²) in [6.45, 7) is 3.93. The Morgan fingerprint density at radius 1 is 1.41 bits per heavy atom. The Labute approximate surface area is 102 Å². The molecule has 1 unspecified atom stereocenters. The molecule has 1 fully saturated rings. The molecule has 94 valence electrons. The van der Waals surface area contributed by atoms with E-state index in [1.165, 1.54) is 25.0 Å². The molecule has 0 radical (unpaired) electrons. The normalized spacial score (nSPS) is 18.8. The number of aryl methyl sites for hydroxylation is 1. The van der Waals surface area contributed by atoms with Gasteiger partial charge in [-0.15, -0.1) is 0 Å². The number of hydrogen-bond donors (Lipinski definition) is 2. The minimum Gasteiger partial charge on any atom is -0.394 e. The maximum atomic E-state index is 13.3. The van der Waals surface area contributed by atoms with Crippen molar-refractivity contribution in [1.29, 1.82) is 0 Å². The third kappa shape index (κ3) is 3.43. The number of benzene rings is 1. The molecule has 1 saturated carbocycles. The molecule has 0 bridgehead atoms. The molecule has 1 aromatic carbocycles. The number of nitrogens with one attached hydrogen (secondary N) is 1. The van der Waals surface area contributed by atoms with Gasteiger partial charge >= 0.3 is 0 Å². The predicted octanol–water partition coefficient (Wildman–Crippen LogP) is 3.10. The van der Waals surface area contributed by atoms with Crippen LogP contribution in [0.15, 0.2) is 18.2 Å². The predicted molar refractivity (Wildman–Crippen MR) is 67.6 cm³/mol. The van der Waals surface area contributed by atoms with Crippen molar-refractivity contribution < 1.29 is 9.50 Å². The van der Waals surface area contributed by atoms with Gasteiger partial charge in [0.1, 0.15) is 5.82 Å². The molecular weight excluding hydrogens is 217 g/mol. The summed E-state index contributed by atoms with van der Waals surface area (Å²) in [6.07, 6.45) is 3.44. The number of aliphatic hydroxyl groups is 1. The van der Waals surface area contributed by atoms with Crippen molar-refractivity contribution in [2.45, 2.75) is 38.6 Å². The van der Waals surface area contributed by atoms with E-state index in [-0.39, 0.29) is 18.0 Å². The van der Waals surface area contributed by atoms with Gasteiger partial charge in [-0.25, -0.2) is 4.39 Å². The summed E-state index contributed by atoms with van der Waals surface area (Å²) in [5, 5.41) is 12.8. The Morgan fingerprint density at radius 3 is 2.65 bits per heavy atom. The van der Waals surface area contributed by atoms with Crippen molar-refractivity contribution in [1.82, 2.24) is 0 Å². The van der Waals surface area contributed by atoms with Gasteiger partial charge in [-0.05, 0) is 49.9 Å². The minimum absolute atomic E-state index is 0.0685. The second-order valence-corrected chi connectivity index (χ2v) is 5.51. The highest BCUT2D eigenvalue weighted by atomic mass is 19.1. The molecule has 0 amide bonds. The van der Waals surface area contributed by atoms with Crippen molar-refractivity contribution >= 4 is 5.69 Å². The fraction of sp³-hybridized carbons (Fsp3) is 0.571. The number of aliphatic hydroxyl groups excluding tert-OH is 1. The van der Waals surface area contributed by atoms with Crippen LogP contribution in [-0.4, -0.2) is 17.3 Å². The lowest BCUT2D eigenvalue weighted by atomic mass is 9.95. The van der Waals surface area contributed by atoms with Crippen LogP contribution in [0.4, 0.5) is 10.1 Å². The molecule has 1 aliphatic carbocycles. The van der Waals surface area contributed by atoms with Crippen molar-refractivity contribution in [3.8, 4) is 0 Å². The lowest BCUT2D eigenvalue weighted by Gasteiger charge is -2.30. The zero-order valence-corrected chi connectivity index (χ0v) is 10.5. The smallest absolute Gasteiger partial charge is 0.125 e. The number of rotatable bonds is 5. The molecule has 3 heteroatoms. The van der Waals surface area contributed by atoms with Gasteiger partial charge in [0.15, 0.2) is 0 Å². The van der Waals surface area contributed by atoms with Crippen LogP contribution in [0.2, 0.25) is 0 Å². The van der Waals surface area contributed by atoms with Gasteiger partial charge in [0.05, 0.1) is 12.1 Å². The van der Waals surface area contributed by atoms with Gasteiger partial charge in [-0.3, -0.25) is 0 Å². The molecule has 0 saturated heterocycles. The summed E-state index contributed by atoms with van der Waals surface area (Å²) in [5.74, 6) is 0.480. The highest BCUT2D eigenvalue weighted by Gasteiger charge is 2.32. The third-order valence-corrected chi connectivity index (χ3v) is 3.27. The first-order chi connectivity index (χ1) is 8.00. The lowest BCUT2D eigenvalue weighted by molar-refractivity contribution is 0.209. The molecule has 1 aromatic rings. The lowest BCUT2D eigenvalue weighted by Crippen LogP contribution is -2.39. The average molecular weight is 237 g/mol. The SMILES string of the molecule is Cc1cc(F)cc(NC(C)(CO)CC2CC2)c1. The first kappa shape index (κ1) is 12.4.